The maximum atomic E-state index is 9.13. The van der Waals surface area contributed by atoms with Crippen molar-refractivity contribution in [3.63, 3.8) is 0 Å². The van der Waals surface area contributed by atoms with Crippen LogP contribution in [0.3, 0.4) is 0 Å². The Labute approximate surface area is 89.7 Å². The molecule has 3 N–H and O–H groups in total. The molecular weight excluding hydrogens is 218 g/mol. The van der Waals surface area contributed by atoms with E-state index in [0.717, 1.165) is 21.3 Å². The molecule has 0 amide bonds. The molecule has 3 nitrogen and oxygen atoms in total. The van der Waals surface area contributed by atoms with Crippen molar-refractivity contribution in [2.24, 2.45) is 0 Å². The maximum Gasteiger partial charge on any atom is 0.159 e. The zero-order valence-corrected chi connectivity index (χ0v) is 8.91. The predicted octanol–water partition coefficient (Wildman–Crippen LogP) is 1.94. The molecule has 0 spiro atoms. The van der Waals surface area contributed by atoms with E-state index in [1.807, 2.05) is 6.07 Å². The standard InChI is InChI=1S/C9H9NO2S2/c11-3-5-1-6(4-12)8-7(2-5)14-9(13)10-8/h1-2,11-12H,3-4H2,(H,10,13). The van der Waals surface area contributed by atoms with Gasteiger partial charge in [-0.05, 0) is 29.9 Å². The molecule has 1 aromatic carbocycles. The lowest BCUT2D eigenvalue weighted by Gasteiger charge is -2.01. The second-order valence-corrected chi connectivity index (χ2v) is 4.68. The molecule has 0 atom stereocenters. The number of hydrogen-bond donors (Lipinski definition) is 3. The van der Waals surface area contributed by atoms with Crippen LogP contribution < -0.4 is 0 Å². The molecule has 0 aliphatic rings. The molecule has 0 unspecified atom stereocenters. The van der Waals surface area contributed by atoms with Gasteiger partial charge in [0.05, 0.1) is 23.4 Å². The molecule has 0 saturated heterocycles. The molecule has 0 aliphatic carbocycles. The summed E-state index contributed by atoms with van der Waals surface area (Å²) >= 11 is 6.47. The van der Waals surface area contributed by atoms with Gasteiger partial charge in [-0.15, -0.1) is 11.3 Å². The number of fused-ring (bicyclic) bond motifs is 1. The molecule has 1 aromatic heterocycles. The van der Waals surface area contributed by atoms with Crippen molar-refractivity contribution >= 4 is 33.8 Å². The number of aromatic nitrogens is 1. The third-order valence-electron chi connectivity index (χ3n) is 2.03. The number of thiazole rings is 1. The molecule has 0 aliphatic heterocycles. The number of aromatic amines is 1. The highest BCUT2D eigenvalue weighted by Crippen LogP contribution is 2.24. The monoisotopic (exact) mass is 227 g/mol. The number of aliphatic hydroxyl groups is 2. The number of benzene rings is 1. The van der Waals surface area contributed by atoms with Gasteiger partial charge in [-0.3, -0.25) is 0 Å². The summed E-state index contributed by atoms with van der Waals surface area (Å²) in [7, 11) is 0. The zero-order valence-electron chi connectivity index (χ0n) is 7.28. The molecule has 0 bridgehead atoms. The van der Waals surface area contributed by atoms with E-state index >= 15 is 0 Å². The minimum Gasteiger partial charge on any atom is -0.392 e. The van der Waals surface area contributed by atoms with Crippen LogP contribution in [0.5, 0.6) is 0 Å². The van der Waals surface area contributed by atoms with Crippen molar-refractivity contribution in [2.75, 3.05) is 0 Å². The summed E-state index contributed by atoms with van der Waals surface area (Å²) in [4.78, 5) is 3.02. The van der Waals surface area contributed by atoms with E-state index in [1.165, 1.54) is 11.3 Å². The highest BCUT2D eigenvalue weighted by Gasteiger charge is 2.05. The lowest BCUT2D eigenvalue weighted by atomic mass is 10.1. The minimum absolute atomic E-state index is 0.0202. The zero-order chi connectivity index (χ0) is 10.1. The van der Waals surface area contributed by atoms with Crippen molar-refractivity contribution in [3.8, 4) is 0 Å². The molecule has 2 rings (SSSR count). The summed E-state index contributed by atoms with van der Waals surface area (Å²) in [5, 5.41) is 18.1. The second-order valence-electron chi connectivity index (χ2n) is 2.96. The predicted molar refractivity (Wildman–Crippen MR) is 58.9 cm³/mol. The van der Waals surface area contributed by atoms with Crippen molar-refractivity contribution in [1.82, 2.24) is 4.98 Å². The van der Waals surface area contributed by atoms with E-state index in [9.17, 15) is 0 Å². The molecular formula is C9H9NO2S2. The van der Waals surface area contributed by atoms with Gasteiger partial charge in [-0.2, -0.15) is 0 Å². The smallest absolute Gasteiger partial charge is 0.159 e. The van der Waals surface area contributed by atoms with E-state index in [4.69, 9.17) is 22.4 Å². The summed E-state index contributed by atoms with van der Waals surface area (Å²) in [6.45, 7) is -0.0695. The number of hydrogen-bond acceptors (Lipinski definition) is 4. The molecule has 0 saturated carbocycles. The largest absolute Gasteiger partial charge is 0.392 e. The van der Waals surface area contributed by atoms with E-state index in [1.54, 1.807) is 6.07 Å². The molecule has 0 radical (unpaired) electrons. The Morgan fingerprint density at radius 3 is 2.71 bits per heavy atom. The van der Waals surface area contributed by atoms with Gasteiger partial charge >= 0.3 is 0 Å². The first-order chi connectivity index (χ1) is 6.74. The summed E-state index contributed by atoms with van der Waals surface area (Å²) in [5.41, 5.74) is 2.45. The number of rotatable bonds is 2. The lowest BCUT2D eigenvalue weighted by Crippen LogP contribution is -1.90. The molecule has 2 aromatic rings. The highest BCUT2D eigenvalue weighted by atomic mass is 32.1. The first kappa shape index (κ1) is 9.79. The van der Waals surface area contributed by atoms with Crippen LogP contribution in [0.4, 0.5) is 0 Å². The van der Waals surface area contributed by atoms with Gasteiger partial charge in [0.1, 0.15) is 0 Å². The first-order valence-corrected chi connectivity index (χ1v) is 5.33. The van der Waals surface area contributed by atoms with Gasteiger partial charge in [0.2, 0.25) is 0 Å². The molecule has 0 fully saturated rings. The average Bonchev–Trinajstić information content (AvgIpc) is 2.56. The van der Waals surface area contributed by atoms with Crippen molar-refractivity contribution in [3.05, 3.63) is 27.2 Å². The fourth-order valence-electron chi connectivity index (χ4n) is 1.40. The number of aliphatic hydroxyl groups excluding tert-OH is 2. The normalized spacial score (nSPS) is 11.0. The second kappa shape index (κ2) is 3.78. The summed E-state index contributed by atoms with van der Waals surface area (Å²) < 4.78 is 1.66. The SMILES string of the molecule is OCc1cc(CO)c2[nH]c(=S)sc2c1. The first-order valence-electron chi connectivity index (χ1n) is 4.11. The van der Waals surface area contributed by atoms with Crippen molar-refractivity contribution in [2.45, 2.75) is 13.2 Å². The van der Waals surface area contributed by atoms with Gasteiger partial charge in [-0.25, -0.2) is 0 Å². The number of H-pyrrole nitrogens is 1. The van der Waals surface area contributed by atoms with Crippen LogP contribution in [0.1, 0.15) is 11.1 Å². The topological polar surface area (TPSA) is 56.2 Å². The van der Waals surface area contributed by atoms with Gasteiger partial charge < -0.3 is 15.2 Å². The van der Waals surface area contributed by atoms with E-state index in [0.29, 0.717) is 3.95 Å². The minimum atomic E-state index is -0.0493. The van der Waals surface area contributed by atoms with E-state index in [2.05, 4.69) is 4.98 Å². The van der Waals surface area contributed by atoms with Crippen LogP contribution in [0, 0.1) is 3.95 Å². The van der Waals surface area contributed by atoms with Crippen molar-refractivity contribution in [1.29, 1.82) is 0 Å². The Hall–Kier alpha value is -0.750. The fraction of sp³-hybridized carbons (Fsp3) is 0.222. The third-order valence-corrected chi connectivity index (χ3v) is 3.21. The summed E-state index contributed by atoms with van der Waals surface area (Å²) in [5.74, 6) is 0. The van der Waals surface area contributed by atoms with Crippen LogP contribution in [0.15, 0.2) is 12.1 Å². The Kier molecular flexibility index (Phi) is 2.64. The highest BCUT2D eigenvalue weighted by molar-refractivity contribution is 7.73. The fourth-order valence-corrected chi connectivity index (χ4v) is 2.62. The Morgan fingerprint density at radius 1 is 1.29 bits per heavy atom. The summed E-state index contributed by atoms with van der Waals surface area (Å²) in [6.07, 6.45) is 0. The molecule has 14 heavy (non-hydrogen) atoms. The van der Waals surface area contributed by atoms with Crippen LogP contribution >= 0.6 is 23.6 Å². The van der Waals surface area contributed by atoms with Gasteiger partial charge in [0.15, 0.2) is 3.95 Å². The van der Waals surface area contributed by atoms with Gasteiger partial charge in [0, 0.05) is 5.56 Å². The average molecular weight is 227 g/mol. The van der Waals surface area contributed by atoms with Crippen LogP contribution in [-0.4, -0.2) is 15.2 Å². The Bertz CT molecular complexity index is 515. The lowest BCUT2D eigenvalue weighted by molar-refractivity contribution is 0.276. The molecule has 1 heterocycles. The summed E-state index contributed by atoms with van der Waals surface area (Å²) in [6, 6.07) is 3.66. The van der Waals surface area contributed by atoms with Crippen molar-refractivity contribution < 1.29 is 10.2 Å². The van der Waals surface area contributed by atoms with Crippen LogP contribution in [-0.2, 0) is 13.2 Å². The molecule has 74 valence electrons. The quantitative estimate of drug-likeness (QED) is 0.687. The maximum absolute atomic E-state index is 9.13. The molecule has 5 heteroatoms. The van der Waals surface area contributed by atoms with Crippen LogP contribution in [0.2, 0.25) is 0 Å². The van der Waals surface area contributed by atoms with Gasteiger partial charge in [-0.1, -0.05) is 0 Å². The Balaban J connectivity index is 2.79. The third kappa shape index (κ3) is 1.59. The van der Waals surface area contributed by atoms with Crippen LogP contribution in [0.25, 0.3) is 10.2 Å². The van der Waals surface area contributed by atoms with E-state index in [-0.39, 0.29) is 13.2 Å². The van der Waals surface area contributed by atoms with Gasteiger partial charge in [0.25, 0.3) is 0 Å². The Morgan fingerprint density at radius 2 is 2.07 bits per heavy atom. The number of nitrogens with one attached hydrogen (secondary N) is 1. The van der Waals surface area contributed by atoms with E-state index < -0.39 is 0 Å².